The van der Waals surface area contributed by atoms with Crippen molar-refractivity contribution in [2.45, 2.75) is 96.8 Å². The number of unbranched alkanes of at least 4 members (excludes halogenated alkanes) is 12. The molecule has 0 spiro atoms. The Labute approximate surface area is 148 Å². The molecule has 0 aliphatic heterocycles. The van der Waals surface area contributed by atoms with Crippen LogP contribution in [-0.2, 0) is 6.42 Å². The van der Waals surface area contributed by atoms with E-state index in [9.17, 15) is 9.90 Å². The van der Waals surface area contributed by atoms with Crippen molar-refractivity contribution in [3.05, 3.63) is 29.3 Å². The molecule has 2 heteroatoms. The summed E-state index contributed by atoms with van der Waals surface area (Å²) in [5.41, 5.74) is 1.45. The summed E-state index contributed by atoms with van der Waals surface area (Å²) in [7, 11) is 0. The Morgan fingerprint density at radius 1 is 0.792 bits per heavy atom. The summed E-state index contributed by atoms with van der Waals surface area (Å²) in [6.45, 7) is 2.27. The third-order valence-electron chi connectivity index (χ3n) is 4.84. The molecule has 0 aromatic heterocycles. The van der Waals surface area contributed by atoms with E-state index in [4.69, 9.17) is 0 Å². The number of rotatable bonds is 15. The SMILES string of the molecule is CCCCCCCCCCCCCCCc1cccc(O)c1C=O. The summed E-state index contributed by atoms with van der Waals surface area (Å²) in [6.07, 6.45) is 19.1. The van der Waals surface area contributed by atoms with Crippen LogP contribution < -0.4 is 0 Å². The number of benzene rings is 1. The van der Waals surface area contributed by atoms with Crippen molar-refractivity contribution in [1.82, 2.24) is 0 Å². The van der Waals surface area contributed by atoms with E-state index >= 15 is 0 Å². The number of aldehydes is 1. The van der Waals surface area contributed by atoms with Gasteiger partial charge in [-0.25, -0.2) is 0 Å². The van der Waals surface area contributed by atoms with Crippen LogP contribution in [0.5, 0.6) is 5.75 Å². The number of phenolic OH excluding ortho intramolecular Hbond substituents is 1. The summed E-state index contributed by atoms with van der Waals surface area (Å²) >= 11 is 0. The summed E-state index contributed by atoms with van der Waals surface area (Å²) in [6, 6.07) is 5.35. The monoisotopic (exact) mass is 332 g/mol. The van der Waals surface area contributed by atoms with E-state index in [0.29, 0.717) is 5.56 Å². The van der Waals surface area contributed by atoms with Crippen molar-refractivity contribution in [3.63, 3.8) is 0 Å². The zero-order chi connectivity index (χ0) is 17.5. The van der Waals surface area contributed by atoms with Gasteiger partial charge in [-0.05, 0) is 24.5 Å². The topological polar surface area (TPSA) is 37.3 Å². The number of carbonyl (C=O) groups is 1. The lowest BCUT2D eigenvalue weighted by atomic mass is 10.00. The number of hydrogen-bond acceptors (Lipinski definition) is 2. The number of aromatic hydroxyl groups is 1. The van der Waals surface area contributed by atoms with Crippen molar-refractivity contribution >= 4 is 6.29 Å². The Balaban J connectivity index is 1.94. The van der Waals surface area contributed by atoms with Gasteiger partial charge < -0.3 is 5.11 Å². The van der Waals surface area contributed by atoms with Crippen LogP contribution in [0.25, 0.3) is 0 Å². The molecule has 0 amide bonds. The first-order valence-electron chi connectivity index (χ1n) is 10.1. The summed E-state index contributed by atoms with van der Waals surface area (Å²) in [4.78, 5) is 11.0. The molecule has 136 valence electrons. The predicted octanol–water partition coefficient (Wildman–Crippen LogP) is 6.84. The Bertz CT molecular complexity index is 440. The van der Waals surface area contributed by atoms with Gasteiger partial charge >= 0.3 is 0 Å². The van der Waals surface area contributed by atoms with Gasteiger partial charge in [-0.15, -0.1) is 0 Å². The molecule has 0 heterocycles. The molecule has 0 atom stereocenters. The highest BCUT2D eigenvalue weighted by Gasteiger charge is 2.05. The standard InChI is InChI=1S/C22H36O2/c1-2-3-4-5-6-7-8-9-10-11-12-13-14-16-20-17-15-18-22(24)21(20)19-23/h15,17-19,24H,2-14,16H2,1H3. The van der Waals surface area contributed by atoms with E-state index in [0.717, 1.165) is 24.7 Å². The highest BCUT2D eigenvalue weighted by molar-refractivity contribution is 5.81. The molecule has 0 unspecified atom stereocenters. The molecule has 0 fully saturated rings. The molecule has 2 nitrogen and oxygen atoms in total. The van der Waals surface area contributed by atoms with Crippen molar-refractivity contribution in [1.29, 1.82) is 0 Å². The van der Waals surface area contributed by atoms with E-state index in [1.54, 1.807) is 6.07 Å². The first-order valence-corrected chi connectivity index (χ1v) is 10.1. The second-order valence-electron chi connectivity index (χ2n) is 6.96. The number of aryl methyl sites for hydroxylation is 1. The van der Waals surface area contributed by atoms with Crippen molar-refractivity contribution in [2.24, 2.45) is 0 Å². The number of hydrogen-bond donors (Lipinski definition) is 1. The molecule has 1 rings (SSSR count). The van der Waals surface area contributed by atoms with E-state index in [1.807, 2.05) is 12.1 Å². The minimum atomic E-state index is 0.109. The van der Waals surface area contributed by atoms with Gasteiger partial charge in [-0.2, -0.15) is 0 Å². The first-order chi connectivity index (χ1) is 11.8. The first kappa shape index (κ1) is 20.7. The minimum absolute atomic E-state index is 0.109. The zero-order valence-corrected chi connectivity index (χ0v) is 15.6. The van der Waals surface area contributed by atoms with E-state index in [1.165, 1.54) is 77.0 Å². The molecule has 1 aromatic rings. The average Bonchev–Trinajstić information content (AvgIpc) is 2.59. The third kappa shape index (κ3) is 9.10. The molecule has 0 saturated heterocycles. The van der Waals surface area contributed by atoms with Crippen LogP contribution in [-0.4, -0.2) is 11.4 Å². The van der Waals surface area contributed by atoms with Gasteiger partial charge in [0, 0.05) is 0 Å². The van der Waals surface area contributed by atoms with Crippen molar-refractivity contribution in [3.8, 4) is 5.75 Å². The van der Waals surface area contributed by atoms with Crippen LogP contribution in [0, 0.1) is 0 Å². The van der Waals surface area contributed by atoms with Crippen molar-refractivity contribution < 1.29 is 9.90 Å². The molecular formula is C22H36O2. The normalized spacial score (nSPS) is 10.9. The molecular weight excluding hydrogens is 296 g/mol. The summed E-state index contributed by atoms with van der Waals surface area (Å²) in [5.74, 6) is 0.109. The minimum Gasteiger partial charge on any atom is -0.507 e. The Morgan fingerprint density at radius 3 is 1.79 bits per heavy atom. The van der Waals surface area contributed by atoms with Crippen molar-refractivity contribution in [2.75, 3.05) is 0 Å². The highest BCUT2D eigenvalue weighted by Crippen LogP contribution is 2.21. The Kier molecular flexibility index (Phi) is 12.2. The van der Waals surface area contributed by atoms with Gasteiger partial charge in [0.05, 0.1) is 5.56 Å². The zero-order valence-electron chi connectivity index (χ0n) is 15.6. The lowest BCUT2D eigenvalue weighted by Crippen LogP contribution is -1.94. The lowest BCUT2D eigenvalue weighted by molar-refractivity contribution is 0.112. The molecule has 24 heavy (non-hydrogen) atoms. The molecule has 0 aliphatic rings. The quantitative estimate of drug-likeness (QED) is 0.282. The average molecular weight is 333 g/mol. The van der Waals surface area contributed by atoms with Gasteiger partial charge in [0.15, 0.2) is 6.29 Å². The molecule has 1 aromatic carbocycles. The smallest absolute Gasteiger partial charge is 0.154 e. The number of carbonyl (C=O) groups excluding carboxylic acids is 1. The van der Waals surface area contributed by atoms with Gasteiger partial charge in [-0.3, -0.25) is 4.79 Å². The fraction of sp³-hybridized carbons (Fsp3) is 0.682. The maximum Gasteiger partial charge on any atom is 0.154 e. The van der Waals surface area contributed by atoms with Gasteiger partial charge in [-0.1, -0.05) is 96.1 Å². The van der Waals surface area contributed by atoms with Crippen LogP contribution in [0.3, 0.4) is 0 Å². The van der Waals surface area contributed by atoms with Crippen LogP contribution in [0.1, 0.15) is 106 Å². The molecule has 0 radical (unpaired) electrons. The molecule has 1 N–H and O–H groups in total. The molecule has 0 saturated carbocycles. The summed E-state index contributed by atoms with van der Waals surface area (Å²) < 4.78 is 0. The van der Waals surface area contributed by atoms with E-state index in [-0.39, 0.29) is 5.75 Å². The largest absolute Gasteiger partial charge is 0.507 e. The predicted molar refractivity (Wildman–Crippen MR) is 103 cm³/mol. The van der Waals surface area contributed by atoms with Gasteiger partial charge in [0.1, 0.15) is 5.75 Å². The third-order valence-corrected chi connectivity index (χ3v) is 4.84. The van der Waals surface area contributed by atoms with Crippen LogP contribution in [0.4, 0.5) is 0 Å². The second kappa shape index (κ2) is 14.1. The highest BCUT2D eigenvalue weighted by atomic mass is 16.3. The lowest BCUT2D eigenvalue weighted by Gasteiger charge is -2.06. The van der Waals surface area contributed by atoms with Crippen LogP contribution >= 0.6 is 0 Å². The van der Waals surface area contributed by atoms with E-state index in [2.05, 4.69) is 6.92 Å². The van der Waals surface area contributed by atoms with Crippen LogP contribution in [0.2, 0.25) is 0 Å². The molecule has 0 aliphatic carbocycles. The number of phenols is 1. The van der Waals surface area contributed by atoms with E-state index < -0.39 is 0 Å². The molecule has 0 bridgehead atoms. The van der Waals surface area contributed by atoms with Gasteiger partial charge in [0.25, 0.3) is 0 Å². The fourth-order valence-corrected chi connectivity index (χ4v) is 3.29. The summed E-state index contributed by atoms with van der Waals surface area (Å²) in [5, 5.41) is 9.66. The van der Waals surface area contributed by atoms with Gasteiger partial charge in [0.2, 0.25) is 0 Å². The fourth-order valence-electron chi connectivity index (χ4n) is 3.29. The Morgan fingerprint density at radius 2 is 1.29 bits per heavy atom. The Hall–Kier alpha value is -1.31. The maximum atomic E-state index is 11.0. The van der Waals surface area contributed by atoms with Crippen LogP contribution in [0.15, 0.2) is 18.2 Å². The second-order valence-corrected chi connectivity index (χ2v) is 6.96. The maximum absolute atomic E-state index is 11.0.